The lowest BCUT2D eigenvalue weighted by atomic mass is 10.1. The molecule has 0 saturated heterocycles. The Morgan fingerprint density at radius 1 is 1.08 bits per heavy atom. The molecule has 0 spiro atoms. The molecule has 0 fully saturated rings. The zero-order chi connectivity index (χ0) is 25.9. The highest BCUT2D eigenvalue weighted by Gasteiger charge is 2.22. The first-order chi connectivity index (χ1) is 18.0. The van der Waals surface area contributed by atoms with E-state index in [0.717, 1.165) is 11.3 Å². The average molecular weight is 495 g/mol. The number of ether oxygens (including phenoxy) is 1. The second-order valence-electron chi connectivity index (χ2n) is 8.39. The second-order valence-corrected chi connectivity index (χ2v) is 8.39. The van der Waals surface area contributed by atoms with Crippen molar-refractivity contribution in [3.05, 3.63) is 95.3 Å². The number of carbonyl (C=O) groups is 2. The van der Waals surface area contributed by atoms with Gasteiger partial charge in [0.15, 0.2) is 12.4 Å². The van der Waals surface area contributed by atoms with Gasteiger partial charge in [-0.1, -0.05) is 18.2 Å². The maximum Gasteiger partial charge on any atom is 0.339 e. The number of amides is 1. The monoisotopic (exact) mass is 494 g/mol. The molecule has 1 amide bonds. The third-order valence-electron chi connectivity index (χ3n) is 6.14. The van der Waals surface area contributed by atoms with Crippen LogP contribution in [0.4, 0.5) is 5.82 Å². The third kappa shape index (κ3) is 4.60. The zero-order valence-corrected chi connectivity index (χ0v) is 20.1. The lowest BCUT2D eigenvalue weighted by Gasteiger charge is -2.13. The molecule has 9 nitrogen and oxygen atoms in total. The number of nitrogens with zero attached hydrogens (tertiary/aromatic N) is 3. The molecular formula is C28H22N4O5. The fraction of sp³-hybridized carbons (Fsp3) is 0.143. The van der Waals surface area contributed by atoms with Crippen molar-refractivity contribution >= 4 is 28.6 Å². The molecule has 0 saturated carbocycles. The predicted octanol–water partition coefficient (Wildman–Crippen LogP) is 5.22. The number of nitrogens with one attached hydrogen (secondary N) is 1. The summed E-state index contributed by atoms with van der Waals surface area (Å²) in [5.41, 5.74) is 3.22. The number of esters is 1. The maximum absolute atomic E-state index is 13.1. The summed E-state index contributed by atoms with van der Waals surface area (Å²) in [5.74, 6) is 0.239. The number of aromatic nitrogens is 2. The van der Waals surface area contributed by atoms with Gasteiger partial charge in [-0.05, 0) is 55.8 Å². The fourth-order valence-electron chi connectivity index (χ4n) is 4.16. The summed E-state index contributed by atoms with van der Waals surface area (Å²) in [6, 6.07) is 17.9. The average Bonchev–Trinajstić information content (AvgIpc) is 3.67. The highest BCUT2D eigenvalue weighted by molar-refractivity contribution is 6.05. The van der Waals surface area contributed by atoms with Crippen LogP contribution in [0.5, 0.6) is 0 Å². The Labute approximate surface area is 211 Å². The van der Waals surface area contributed by atoms with Gasteiger partial charge in [-0.3, -0.25) is 4.79 Å². The molecule has 0 atom stereocenters. The predicted molar refractivity (Wildman–Crippen MR) is 135 cm³/mol. The topological polar surface area (TPSA) is 123 Å². The molecule has 184 valence electrons. The van der Waals surface area contributed by atoms with Gasteiger partial charge in [-0.25, -0.2) is 9.78 Å². The smallest absolute Gasteiger partial charge is 0.339 e. The van der Waals surface area contributed by atoms with Crippen LogP contribution in [-0.2, 0) is 16.1 Å². The lowest BCUT2D eigenvalue weighted by Crippen LogP contribution is -2.23. The van der Waals surface area contributed by atoms with E-state index in [1.165, 1.54) is 6.26 Å². The first-order valence-corrected chi connectivity index (χ1v) is 11.5. The van der Waals surface area contributed by atoms with E-state index in [1.807, 2.05) is 26.0 Å². The molecule has 1 aromatic carbocycles. The number of para-hydroxylation sites is 1. The van der Waals surface area contributed by atoms with Crippen LogP contribution in [0.25, 0.3) is 22.4 Å². The normalized spacial score (nSPS) is 10.8. The Bertz CT molecular complexity index is 1640. The van der Waals surface area contributed by atoms with Gasteiger partial charge in [0.25, 0.3) is 5.91 Å². The lowest BCUT2D eigenvalue weighted by molar-refractivity contribution is -0.119. The van der Waals surface area contributed by atoms with Crippen molar-refractivity contribution in [2.45, 2.75) is 20.4 Å². The SMILES string of the molecule is Cc1c(C#N)c(NC(=O)COC(=O)c2cc(-c3ccco3)nc3ccccc23)n(Cc2ccco2)c1C. The summed E-state index contributed by atoms with van der Waals surface area (Å²) in [5, 5.41) is 13.0. The largest absolute Gasteiger partial charge is 0.467 e. The van der Waals surface area contributed by atoms with E-state index < -0.39 is 18.5 Å². The molecule has 0 aliphatic carbocycles. The maximum atomic E-state index is 13.1. The second kappa shape index (κ2) is 9.87. The molecule has 1 N–H and O–H groups in total. The summed E-state index contributed by atoms with van der Waals surface area (Å²) in [7, 11) is 0. The highest BCUT2D eigenvalue weighted by Crippen LogP contribution is 2.28. The number of fused-ring (bicyclic) bond motifs is 1. The third-order valence-corrected chi connectivity index (χ3v) is 6.14. The zero-order valence-electron chi connectivity index (χ0n) is 20.1. The van der Waals surface area contributed by atoms with E-state index >= 15 is 0 Å². The Balaban J connectivity index is 1.37. The summed E-state index contributed by atoms with van der Waals surface area (Å²) in [4.78, 5) is 30.5. The summed E-state index contributed by atoms with van der Waals surface area (Å²) in [6.45, 7) is 3.46. The molecule has 9 heteroatoms. The van der Waals surface area contributed by atoms with Crippen LogP contribution in [0.1, 0.15) is 32.9 Å². The first-order valence-electron chi connectivity index (χ1n) is 11.5. The van der Waals surface area contributed by atoms with Crippen molar-refractivity contribution in [2.75, 3.05) is 11.9 Å². The van der Waals surface area contributed by atoms with Crippen LogP contribution in [0.3, 0.4) is 0 Å². The van der Waals surface area contributed by atoms with Crippen molar-refractivity contribution in [1.29, 1.82) is 5.26 Å². The minimum absolute atomic E-state index is 0.260. The molecule has 4 aromatic heterocycles. The van der Waals surface area contributed by atoms with Crippen molar-refractivity contribution in [3.63, 3.8) is 0 Å². The van der Waals surface area contributed by atoms with Crippen LogP contribution < -0.4 is 5.32 Å². The fourth-order valence-corrected chi connectivity index (χ4v) is 4.16. The van der Waals surface area contributed by atoms with Gasteiger partial charge in [0.2, 0.25) is 0 Å². The molecule has 0 aliphatic rings. The minimum atomic E-state index is -0.680. The number of nitriles is 1. The van der Waals surface area contributed by atoms with E-state index in [1.54, 1.807) is 53.3 Å². The van der Waals surface area contributed by atoms with E-state index in [2.05, 4.69) is 16.4 Å². The van der Waals surface area contributed by atoms with Crippen LogP contribution in [0.2, 0.25) is 0 Å². The number of anilines is 1. The van der Waals surface area contributed by atoms with Crippen LogP contribution in [0.15, 0.2) is 76.0 Å². The molecule has 5 rings (SSSR count). The van der Waals surface area contributed by atoms with Gasteiger partial charge in [0, 0.05) is 11.1 Å². The van der Waals surface area contributed by atoms with Crippen molar-refractivity contribution < 1.29 is 23.2 Å². The molecule has 4 heterocycles. The van der Waals surface area contributed by atoms with Crippen molar-refractivity contribution in [3.8, 4) is 17.5 Å². The molecule has 5 aromatic rings. The molecular weight excluding hydrogens is 472 g/mol. The van der Waals surface area contributed by atoms with Gasteiger partial charge < -0.3 is 23.5 Å². The van der Waals surface area contributed by atoms with Crippen LogP contribution >= 0.6 is 0 Å². The molecule has 37 heavy (non-hydrogen) atoms. The number of carbonyl (C=O) groups excluding carboxylic acids is 2. The van der Waals surface area contributed by atoms with Gasteiger partial charge in [-0.2, -0.15) is 5.26 Å². The minimum Gasteiger partial charge on any atom is -0.467 e. The Hall–Kier alpha value is -5.10. The number of furan rings is 2. The number of benzene rings is 1. The molecule has 0 bridgehead atoms. The molecule has 0 aliphatic heterocycles. The van der Waals surface area contributed by atoms with Crippen LogP contribution in [-0.4, -0.2) is 28.0 Å². The van der Waals surface area contributed by atoms with Gasteiger partial charge >= 0.3 is 5.97 Å². The van der Waals surface area contributed by atoms with E-state index in [9.17, 15) is 14.9 Å². The Morgan fingerprint density at radius 3 is 2.59 bits per heavy atom. The van der Waals surface area contributed by atoms with E-state index in [0.29, 0.717) is 46.0 Å². The van der Waals surface area contributed by atoms with E-state index in [4.69, 9.17) is 13.6 Å². The van der Waals surface area contributed by atoms with Gasteiger partial charge in [0.05, 0.1) is 35.7 Å². The van der Waals surface area contributed by atoms with Crippen molar-refractivity contribution in [1.82, 2.24) is 9.55 Å². The van der Waals surface area contributed by atoms with E-state index in [-0.39, 0.29) is 5.56 Å². The highest BCUT2D eigenvalue weighted by atomic mass is 16.5. The number of rotatable bonds is 7. The number of hydrogen-bond donors (Lipinski definition) is 1. The van der Waals surface area contributed by atoms with Crippen molar-refractivity contribution in [2.24, 2.45) is 0 Å². The summed E-state index contributed by atoms with van der Waals surface area (Å²) >= 11 is 0. The quantitative estimate of drug-likeness (QED) is 0.308. The van der Waals surface area contributed by atoms with Gasteiger partial charge in [-0.15, -0.1) is 0 Å². The first kappa shape index (κ1) is 23.6. The molecule has 0 unspecified atom stereocenters. The molecule has 0 radical (unpaired) electrons. The standard InChI is InChI=1S/C28H22N4O5/c1-17-18(2)32(15-19-7-5-11-35-19)27(22(17)14-29)31-26(33)16-37-28(34)21-13-24(25-10-6-12-36-25)30-23-9-4-3-8-20(21)23/h3-13H,15-16H2,1-2H3,(H,31,33). The number of pyridine rings is 1. The summed E-state index contributed by atoms with van der Waals surface area (Å²) in [6.07, 6.45) is 3.08. The number of hydrogen-bond acceptors (Lipinski definition) is 7. The Kier molecular flexibility index (Phi) is 6.31. The van der Waals surface area contributed by atoms with Gasteiger partial charge in [0.1, 0.15) is 23.3 Å². The van der Waals surface area contributed by atoms with Crippen LogP contribution in [0, 0.1) is 25.2 Å². The Morgan fingerprint density at radius 2 is 1.86 bits per heavy atom. The summed E-state index contributed by atoms with van der Waals surface area (Å²) < 4.78 is 18.0.